The maximum absolute atomic E-state index is 13.7. The first-order valence-corrected chi connectivity index (χ1v) is 11.4. The van der Waals surface area contributed by atoms with Crippen LogP contribution in [0.5, 0.6) is 0 Å². The third-order valence-electron chi connectivity index (χ3n) is 7.27. The number of aryl methyl sites for hydroxylation is 1. The highest BCUT2D eigenvalue weighted by Crippen LogP contribution is 2.57. The second-order valence-corrected chi connectivity index (χ2v) is 9.28. The predicted octanol–water partition coefficient (Wildman–Crippen LogP) is 3.82. The number of rotatable bonds is 3. The molecular formula is C28H20FNO5. The topological polar surface area (TPSA) is 80.8 Å². The second kappa shape index (κ2) is 7.52. The summed E-state index contributed by atoms with van der Waals surface area (Å²) in [6, 6.07) is 19.1. The van der Waals surface area contributed by atoms with E-state index in [4.69, 9.17) is 4.74 Å². The Morgan fingerprint density at radius 2 is 1.43 bits per heavy atom. The lowest BCUT2D eigenvalue weighted by Gasteiger charge is -2.27. The molecule has 0 bridgehead atoms. The number of carbonyl (C=O) groups is 4. The van der Waals surface area contributed by atoms with Crippen LogP contribution in [0.3, 0.4) is 0 Å². The minimum atomic E-state index is -2.09. The Bertz CT molecular complexity index is 1380. The molecule has 2 aliphatic heterocycles. The zero-order valence-electron chi connectivity index (χ0n) is 18.7. The van der Waals surface area contributed by atoms with Gasteiger partial charge in [0.15, 0.2) is 0 Å². The number of hydrogen-bond donors (Lipinski definition) is 0. The normalized spacial score (nSPS) is 24.4. The van der Waals surface area contributed by atoms with E-state index < -0.39 is 52.7 Å². The number of ether oxygens (including phenoxy) is 1. The molecule has 0 aromatic heterocycles. The standard InChI is InChI=1S/C28H20FNO5/c1-15-6-10-17(11-7-15)23-21-22(27(34)30(26(21)33)14-16-8-12-18(29)13-9-16)28(35-23)24(31)19-4-2-3-5-20(19)25(28)32/h2-13,21-23H,14H2,1H3. The van der Waals surface area contributed by atoms with Gasteiger partial charge >= 0.3 is 0 Å². The molecule has 6 rings (SSSR count). The van der Waals surface area contributed by atoms with Crippen LogP contribution in [0.25, 0.3) is 0 Å². The van der Waals surface area contributed by atoms with E-state index in [0.717, 1.165) is 10.5 Å². The second-order valence-electron chi connectivity index (χ2n) is 9.28. The molecule has 3 aromatic carbocycles. The Labute approximate surface area is 200 Å². The molecule has 3 unspecified atom stereocenters. The van der Waals surface area contributed by atoms with E-state index in [-0.39, 0.29) is 17.7 Å². The fourth-order valence-electron chi connectivity index (χ4n) is 5.56. The average Bonchev–Trinajstić information content (AvgIpc) is 3.42. The number of amides is 2. The van der Waals surface area contributed by atoms with Crippen LogP contribution in [0.2, 0.25) is 0 Å². The third-order valence-corrected chi connectivity index (χ3v) is 7.27. The molecule has 174 valence electrons. The first-order chi connectivity index (χ1) is 16.8. The van der Waals surface area contributed by atoms with Crippen molar-refractivity contribution in [3.05, 3.63) is 106 Å². The predicted molar refractivity (Wildman–Crippen MR) is 122 cm³/mol. The van der Waals surface area contributed by atoms with E-state index in [2.05, 4.69) is 0 Å². The SMILES string of the molecule is Cc1ccc(C2OC3(C(=O)c4ccccc4C3=O)C3C(=O)N(Cc4ccc(F)cc4)C(=O)C23)cc1. The van der Waals surface area contributed by atoms with Gasteiger partial charge in [0.1, 0.15) is 5.82 Å². The molecule has 35 heavy (non-hydrogen) atoms. The van der Waals surface area contributed by atoms with Gasteiger partial charge in [-0.25, -0.2) is 4.39 Å². The van der Waals surface area contributed by atoms with Crippen LogP contribution in [0.15, 0.2) is 72.8 Å². The quantitative estimate of drug-likeness (QED) is 0.430. The number of likely N-dealkylation sites (tertiary alicyclic amines) is 1. The van der Waals surface area contributed by atoms with Crippen LogP contribution in [0.4, 0.5) is 4.39 Å². The molecule has 6 nitrogen and oxygen atoms in total. The fraction of sp³-hybridized carbons (Fsp3) is 0.214. The molecule has 1 spiro atoms. The summed E-state index contributed by atoms with van der Waals surface area (Å²) in [5.74, 6) is -5.07. The van der Waals surface area contributed by atoms with Gasteiger partial charge in [-0.3, -0.25) is 24.1 Å². The molecule has 3 aromatic rings. The Morgan fingerprint density at radius 3 is 2.03 bits per heavy atom. The molecule has 0 N–H and O–H groups in total. The van der Waals surface area contributed by atoms with Crippen molar-refractivity contribution in [1.82, 2.24) is 4.90 Å². The van der Waals surface area contributed by atoms with Crippen molar-refractivity contribution in [3.63, 3.8) is 0 Å². The molecule has 2 fully saturated rings. The summed E-state index contributed by atoms with van der Waals surface area (Å²) >= 11 is 0. The minimum Gasteiger partial charge on any atom is -0.349 e. The summed E-state index contributed by atoms with van der Waals surface area (Å²) < 4.78 is 19.6. The molecule has 2 heterocycles. The van der Waals surface area contributed by atoms with E-state index in [9.17, 15) is 23.6 Å². The summed E-state index contributed by atoms with van der Waals surface area (Å²) in [6.07, 6.45) is -0.947. The van der Waals surface area contributed by atoms with E-state index in [1.165, 1.54) is 24.3 Å². The number of Topliss-reactive ketones (excluding diaryl/α,β-unsaturated/α-hetero) is 2. The lowest BCUT2D eigenvalue weighted by atomic mass is 9.77. The molecule has 0 radical (unpaired) electrons. The lowest BCUT2D eigenvalue weighted by Crippen LogP contribution is -2.50. The monoisotopic (exact) mass is 469 g/mol. The van der Waals surface area contributed by atoms with Crippen molar-refractivity contribution in [2.24, 2.45) is 11.8 Å². The van der Waals surface area contributed by atoms with E-state index in [1.807, 2.05) is 19.1 Å². The van der Waals surface area contributed by atoms with Crippen molar-refractivity contribution in [3.8, 4) is 0 Å². The summed E-state index contributed by atoms with van der Waals surface area (Å²) in [5, 5.41) is 0. The third kappa shape index (κ3) is 2.91. The highest BCUT2D eigenvalue weighted by Gasteiger charge is 2.74. The van der Waals surface area contributed by atoms with Crippen molar-refractivity contribution in [1.29, 1.82) is 0 Å². The van der Waals surface area contributed by atoms with Crippen molar-refractivity contribution in [2.45, 2.75) is 25.2 Å². The molecule has 2 saturated heterocycles. The van der Waals surface area contributed by atoms with Gasteiger partial charge in [-0.1, -0.05) is 66.2 Å². The Kier molecular flexibility index (Phi) is 4.63. The van der Waals surface area contributed by atoms with Gasteiger partial charge in [0.05, 0.1) is 24.5 Å². The van der Waals surface area contributed by atoms with E-state index >= 15 is 0 Å². The number of nitrogens with zero attached hydrogens (tertiary/aromatic N) is 1. The van der Waals surface area contributed by atoms with Gasteiger partial charge in [0, 0.05) is 11.1 Å². The molecular weight excluding hydrogens is 449 g/mol. The van der Waals surface area contributed by atoms with Gasteiger partial charge in [-0.2, -0.15) is 0 Å². The van der Waals surface area contributed by atoms with Crippen molar-refractivity contribution >= 4 is 23.4 Å². The molecule has 1 aliphatic carbocycles. The first kappa shape index (κ1) is 21.6. The molecule has 7 heteroatoms. The Hall–Kier alpha value is -3.97. The summed E-state index contributed by atoms with van der Waals surface area (Å²) in [7, 11) is 0. The maximum Gasteiger partial charge on any atom is 0.237 e. The van der Waals surface area contributed by atoms with E-state index in [1.54, 1.807) is 36.4 Å². The number of fused-ring (bicyclic) bond motifs is 3. The van der Waals surface area contributed by atoms with Gasteiger partial charge in [0.25, 0.3) is 0 Å². The molecule has 3 atom stereocenters. The summed E-state index contributed by atoms with van der Waals surface area (Å²) in [4.78, 5) is 55.9. The van der Waals surface area contributed by atoms with Crippen LogP contribution < -0.4 is 0 Å². The number of halogens is 1. The highest BCUT2D eigenvalue weighted by molar-refractivity contribution is 6.35. The van der Waals surface area contributed by atoms with Crippen molar-refractivity contribution < 1.29 is 28.3 Å². The number of benzene rings is 3. The Morgan fingerprint density at radius 1 is 0.829 bits per heavy atom. The summed E-state index contributed by atoms with van der Waals surface area (Å²) in [5.41, 5.74) is 0.459. The zero-order valence-corrected chi connectivity index (χ0v) is 18.7. The molecule has 3 aliphatic rings. The van der Waals surface area contributed by atoms with Gasteiger partial charge < -0.3 is 4.74 Å². The van der Waals surface area contributed by atoms with Crippen LogP contribution >= 0.6 is 0 Å². The number of carbonyl (C=O) groups excluding carboxylic acids is 4. The molecule has 0 saturated carbocycles. The van der Waals surface area contributed by atoms with Crippen LogP contribution in [-0.2, 0) is 20.9 Å². The minimum absolute atomic E-state index is 0.0863. The highest BCUT2D eigenvalue weighted by atomic mass is 19.1. The van der Waals surface area contributed by atoms with Crippen LogP contribution in [0.1, 0.15) is 43.5 Å². The van der Waals surface area contributed by atoms with Crippen molar-refractivity contribution in [2.75, 3.05) is 0 Å². The number of hydrogen-bond acceptors (Lipinski definition) is 5. The average molecular weight is 469 g/mol. The van der Waals surface area contributed by atoms with Crippen LogP contribution in [-0.4, -0.2) is 33.9 Å². The number of ketones is 2. The number of imide groups is 1. The lowest BCUT2D eigenvalue weighted by molar-refractivity contribution is -0.145. The molecule has 2 amide bonds. The summed E-state index contributed by atoms with van der Waals surface area (Å²) in [6.45, 7) is 1.83. The van der Waals surface area contributed by atoms with Crippen LogP contribution in [0, 0.1) is 24.6 Å². The van der Waals surface area contributed by atoms with Gasteiger partial charge in [-0.15, -0.1) is 0 Å². The zero-order chi connectivity index (χ0) is 24.5. The van der Waals surface area contributed by atoms with Gasteiger partial charge in [0.2, 0.25) is 29.0 Å². The first-order valence-electron chi connectivity index (χ1n) is 11.4. The largest absolute Gasteiger partial charge is 0.349 e. The maximum atomic E-state index is 13.7. The van der Waals surface area contributed by atoms with E-state index in [0.29, 0.717) is 11.1 Å². The van der Waals surface area contributed by atoms with Gasteiger partial charge in [-0.05, 0) is 30.2 Å². The smallest absolute Gasteiger partial charge is 0.237 e. The fourth-order valence-corrected chi connectivity index (χ4v) is 5.56. The Balaban J connectivity index is 1.48.